The largest absolute Gasteiger partial charge is 0.474 e. The SMILES string of the molecule is CCN(C(=O)[C@H](C)Oc1ccc(C)cc1[N+](=O)[O-])c1ccccc1. The highest BCUT2D eigenvalue weighted by Gasteiger charge is 2.25. The van der Waals surface area contributed by atoms with Crippen LogP contribution in [0.15, 0.2) is 48.5 Å². The Kier molecular flexibility index (Phi) is 5.52. The fourth-order valence-corrected chi connectivity index (χ4v) is 2.40. The molecule has 0 radical (unpaired) electrons. The summed E-state index contributed by atoms with van der Waals surface area (Å²) in [5, 5.41) is 11.2. The van der Waals surface area contributed by atoms with E-state index in [0.717, 1.165) is 11.3 Å². The van der Waals surface area contributed by atoms with E-state index in [-0.39, 0.29) is 17.3 Å². The Morgan fingerprint density at radius 3 is 2.50 bits per heavy atom. The lowest BCUT2D eigenvalue weighted by Gasteiger charge is -2.25. The summed E-state index contributed by atoms with van der Waals surface area (Å²) in [6.45, 7) is 5.70. The molecule has 0 aromatic heterocycles. The number of para-hydroxylation sites is 1. The number of nitro benzene ring substituents is 1. The van der Waals surface area contributed by atoms with Crippen LogP contribution in [-0.2, 0) is 4.79 Å². The zero-order valence-electron chi connectivity index (χ0n) is 13.9. The maximum Gasteiger partial charge on any atom is 0.311 e. The van der Waals surface area contributed by atoms with Gasteiger partial charge in [-0.3, -0.25) is 14.9 Å². The molecule has 0 fully saturated rings. The number of amides is 1. The zero-order chi connectivity index (χ0) is 17.7. The molecule has 0 aliphatic carbocycles. The fraction of sp³-hybridized carbons (Fsp3) is 0.278. The molecule has 126 valence electrons. The topological polar surface area (TPSA) is 72.7 Å². The average molecular weight is 328 g/mol. The van der Waals surface area contributed by atoms with Gasteiger partial charge in [-0.05, 0) is 44.5 Å². The molecule has 0 bridgehead atoms. The van der Waals surface area contributed by atoms with Crippen LogP contribution >= 0.6 is 0 Å². The molecule has 0 N–H and O–H groups in total. The predicted octanol–water partition coefficient (Wildman–Crippen LogP) is 3.72. The number of likely N-dealkylation sites (N-methyl/N-ethyl adjacent to an activating group) is 1. The van der Waals surface area contributed by atoms with E-state index in [1.54, 1.807) is 24.8 Å². The van der Waals surface area contributed by atoms with E-state index in [0.29, 0.717) is 6.54 Å². The van der Waals surface area contributed by atoms with Gasteiger partial charge >= 0.3 is 5.69 Å². The number of ether oxygens (including phenoxy) is 1. The summed E-state index contributed by atoms with van der Waals surface area (Å²) in [6.07, 6.45) is -0.841. The van der Waals surface area contributed by atoms with Crippen molar-refractivity contribution in [2.75, 3.05) is 11.4 Å². The van der Waals surface area contributed by atoms with Crippen molar-refractivity contribution >= 4 is 17.3 Å². The number of carbonyl (C=O) groups is 1. The summed E-state index contributed by atoms with van der Waals surface area (Å²) in [6, 6.07) is 13.9. The lowest BCUT2D eigenvalue weighted by molar-refractivity contribution is -0.386. The summed E-state index contributed by atoms with van der Waals surface area (Å²) in [5.41, 5.74) is 1.38. The van der Waals surface area contributed by atoms with Crippen molar-refractivity contribution in [1.29, 1.82) is 0 Å². The summed E-state index contributed by atoms with van der Waals surface area (Å²) >= 11 is 0. The molecular weight excluding hydrogens is 308 g/mol. The van der Waals surface area contributed by atoms with Gasteiger partial charge in [-0.25, -0.2) is 0 Å². The maximum absolute atomic E-state index is 12.7. The third-order valence-electron chi connectivity index (χ3n) is 3.61. The average Bonchev–Trinajstić information content (AvgIpc) is 2.57. The van der Waals surface area contributed by atoms with Gasteiger partial charge in [0, 0.05) is 18.3 Å². The van der Waals surface area contributed by atoms with Crippen LogP contribution in [0.2, 0.25) is 0 Å². The van der Waals surface area contributed by atoms with Crippen LogP contribution in [0.4, 0.5) is 11.4 Å². The van der Waals surface area contributed by atoms with Crippen LogP contribution in [-0.4, -0.2) is 23.5 Å². The van der Waals surface area contributed by atoms with Gasteiger partial charge in [0.25, 0.3) is 5.91 Å². The van der Waals surface area contributed by atoms with Crippen molar-refractivity contribution in [1.82, 2.24) is 0 Å². The molecule has 2 rings (SSSR count). The molecule has 0 aliphatic heterocycles. The Bertz CT molecular complexity index is 731. The Labute approximate surface area is 140 Å². The van der Waals surface area contributed by atoms with Gasteiger partial charge in [0.1, 0.15) is 0 Å². The summed E-state index contributed by atoms with van der Waals surface area (Å²) in [5.74, 6) is -0.158. The van der Waals surface area contributed by atoms with Gasteiger partial charge in [-0.2, -0.15) is 0 Å². The second-order valence-electron chi connectivity index (χ2n) is 5.41. The number of aryl methyl sites for hydroxylation is 1. The normalized spacial score (nSPS) is 11.6. The Balaban J connectivity index is 2.21. The number of carbonyl (C=O) groups excluding carboxylic acids is 1. The van der Waals surface area contributed by atoms with Crippen molar-refractivity contribution in [2.45, 2.75) is 26.9 Å². The lowest BCUT2D eigenvalue weighted by Crippen LogP contribution is -2.40. The van der Waals surface area contributed by atoms with Crippen LogP contribution in [0.3, 0.4) is 0 Å². The number of nitro groups is 1. The third-order valence-corrected chi connectivity index (χ3v) is 3.61. The minimum absolute atomic E-state index is 0.0931. The molecule has 2 aromatic carbocycles. The van der Waals surface area contributed by atoms with E-state index >= 15 is 0 Å². The van der Waals surface area contributed by atoms with E-state index < -0.39 is 11.0 Å². The zero-order valence-corrected chi connectivity index (χ0v) is 13.9. The van der Waals surface area contributed by atoms with E-state index in [1.807, 2.05) is 37.3 Å². The highest BCUT2D eigenvalue weighted by molar-refractivity contribution is 5.96. The monoisotopic (exact) mass is 328 g/mol. The number of hydrogen-bond acceptors (Lipinski definition) is 4. The van der Waals surface area contributed by atoms with Crippen molar-refractivity contribution in [3.8, 4) is 5.75 Å². The molecule has 24 heavy (non-hydrogen) atoms. The number of benzene rings is 2. The van der Waals surface area contributed by atoms with Gasteiger partial charge < -0.3 is 9.64 Å². The molecule has 0 saturated heterocycles. The Morgan fingerprint density at radius 1 is 1.25 bits per heavy atom. The Hall–Kier alpha value is -2.89. The molecule has 2 aromatic rings. The van der Waals surface area contributed by atoms with Crippen LogP contribution in [0, 0.1) is 17.0 Å². The van der Waals surface area contributed by atoms with Gasteiger partial charge in [0.15, 0.2) is 11.9 Å². The van der Waals surface area contributed by atoms with Crippen molar-refractivity contribution in [3.63, 3.8) is 0 Å². The first-order valence-corrected chi connectivity index (χ1v) is 7.72. The molecule has 6 nitrogen and oxygen atoms in total. The molecule has 1 atom stereocenters. The predicted molar refractivity (Wildman–Crippen MR) is 92.4 cm³/mol. The Morgan fingerprint density at radius 2 is 1.92 bits per heavy atom. The minimum atomic E-state index is -0.841. The van der Waals surface area contributed by atoms with E-state index in [9.17, 15) is 14.9 Å². The molecule has 0 spiro atoms. The van der Waals surface area contributed by atoms with E-state index in [4.69, 9.17) is 4.74 Å². The van der Waals surface area contributed by atoms with Crippen LogP contribution in [0.1, 0.15) is 19.4 Å². The van der Waals surface area contributed by atoms with Gasteiger partial charge in [-0.1, -0.05) is 24.3 Å². The highest BCUT2D eigenvalue weighted by atomic mass is 16.6. The number of hydrogen-bond donors (Lipinski definition) is 0. The number of rotatable bonds is 6. The second-order valence-corrected chi connectivity index (χ2v) is 5.41. The minimum Gasteiger partial charge on any atom is -0.474 e. The highest BCUT2D eigenvalue weighted by Crippen LogP contribution is 2.29. The second kappa shape index (κ2) is 7.59. The third kappa shape index (κ3) is 3.90. The molecule has 0 unspecified atom stereocenters. The number of anilines is 1. The molecule has 0 saturated carbocycles. The van der Waals surface area contributed by atoms with Gasteiger partial charge in [-0.15, -0.1) is 0 Å². The van der Waals surface area contributed by atoms with E-state index in [1.165, 1.54) is 12.1 Å². The standard InChI is InChI=1S/C18H20N2O4/c1-4-19(15-8-6-5-7-9-15)18(21)14(3)24-17-11-10-13(2)12-16(17)20(22)23/h5-12,14H,4H2,1-3H3/t14-/m0/s1. The first-order chi connectivity index (χ1) is 11.4. The van der Waals surface area contributed by atoms with Crippen molar-refractivity contribution < 1.29 is 14.5 Å². The summed E-state index contributed by atoms with van der Waals surface area (Å²) in [7, 11) is 0. The van der Waals surface area contributed by atoms with Crippen LogP contribution in [0.5, 0.6) is 5.75 Å². The molecule has 0 heterocycles. The van der Waals surface area contributed by atoms with E-state index in [2.05, 4.69) is 0 Å². The first-order valence-electron chi connectivity index (χ1n) is 7.72. The van der Waals surface area contributed by atoms with Crippen LogP contribution < -0.4 is 9.64 Å². The lowest BCUT2D eigenvalue weighted by atomic mass is 10.2. The molecule has 0 aliphatic rings. The molecular formula is C18H20N2O4. The summed E-state index contributed by atoms with van der Waals surface area (Å²) < 4.78 is 5.59. The number of nitrogens with zero attached hydrogens (tertiary/aromatic N) is 2. The van der Waals surface area contributed by atoms with Gasteiger partial charge in [0.2, 0.25) is 0 Å². The molecule has 6 heteroatoms. The van der Waals surface area contributed by atoms with Crippen LogP contribution in [0.25, 0.3) is 0 Å². The maximum atomic E-state index is 12.7. The van der Waals surface area contributed by atoms with Crippen molar-refractivity contribution in [2.24, 2.45) is 0 Å². The quantitative estimate of drug-likeness (QED) is 0.598. The summed E-state index contributed by atoms with van der Waals surface area (Å²) in [4.78, 5) is 24.9. The smallest absolute Gasteiger partial charge is 0.311 e. The fourth-order valence-electron chi connectivity index (χ4n) is 2.40. The van der Waals surface area contributed by atoms with Gasteiger partial charge in [0.05, 0.1) is 4.92 Å². The van der Waals surface area contributed by atoms with Crippen molar-refractivity contribution in [3.05, 3.63) is 64.2 Å². The first kappa shape index (κ1) is 17.5. The molecule has 1 amide bonds.